The molecule has 0 unspecified atom stereocenters. The van der Waals surface area contributed by atoms with Crippen molar-refractivity contribution in [3.63, 3.8) is 0 Å². The molecule has 1 aromatic rings. The molecule has 0 bridgehead atoms. The van der Waals surface area contributed by atoms with Crippen molar-refractivity contribution in [1.29, 1.82) is 0 Å². The van der Waals surface area contributed by atoms with Gasteiger partial charge in [0.25, 0.3) is 0 Å². The minimum Gasteiger partial charge on any atom is -0.497 e. The van der Waals surface area contributed by atoms with Crippen LogP contribution in [0.1, 0.15) is 5.56 Å². The van der Waals surface area contributed by atoms with Gasteiger partial charge in [0.15, 0.2) is 0 Å². The molecule has 1 aliphatic rings. The van der Waals surface area contributed by atoms with Crippen LogP contribution in [0.3, 0.4) is 0 Å². The Labute approximate surface area is 84.8 Å². The fraction of sp³-hybridized carbons (Fsp3) is 0.333. The van der Waals surface area contributed by atoms with E-state index in [-0.39, 0.29) is 0 Å². The molecule has 1 heterocycles. The van der Waals surface area contributed by atoms with Crippen molar-refractivity contribution in [3.05, 3.63) is 35.9 Å². The van der Waals surface area contributed by atoms with E-state index in [0.717, 1.165) is 18.8 Å². The number of ether oxygens (including phenoxy) is 1. The summed E-state index contributed by atoms with van der Waals surface area (Å²) in [6, 6.07) is 6.21. The molecule has 14 heavy (non-hydrogen) atoms. The second kappa shape index (κ2) is 3.74. The minimum atomic E-state index is 0.928. The summed E-state index contributed by atoms with van der Waals surface area (Å²) in [7, 11) is 1.71. The zero-order valence-corrected chi connectivity index (χ0v) is 8.66. The topological polar surface area (TPSA) is 12.5 Å². The second-order valence-electron chi connectivity index (χ2n) is 3.53. The van der Waals surface area contributed by atoms with E-state index in [4.69, 9.17) is 4.74 Å². The number of benzene rings is 1. The monoisotopic (exact) mass is 189 g/mol. The fourth-order valence-corrected chi connectivity index (χ4v) is 1.73. The largest absolute Gasteiger partial charge is 0.497 e. The van der Waals surface area contributed by atoms with Gasteiger partial charge in [-0.2, -0.15) is 0 Å². The standard InChI is InChI=1S/C12H15NO/c1-10-5-6-11(14-2)9-12(10)13-7-3-4-8-13/h3-6,9H,7-8H2,1-2H3. The van der Waals surface area contributed by atoms with Gasteiger partial charge in [0.1, 0.15) is 5.75 Å². The first-order valence-electron chi connectivity index (χ1n) is 4.86. The number of anilines is 1. The highest BCUT2D eigenvalue weighted by Gasteiger charge is 2.10. The van der Waals surface area contributed by atoms with Crippen LogP contribution in [-0.2, 0) is 0 Å². The van der Waals surface area contributed by atoms with E-state index in [9.17, 15) is 0 Å². The third-order valence-corrected chi connectivity index (χ3v) is 2.58. The molecule has 2 heteroatoms. The third-order valence-electron chi connectivity index (χ3n) is 2.58. The van der Waals surface area contributed by atoms with Gasteiger partial charge in [-0.25, -0.2) is 0 Å². The molecular formula is C12H15NO. The van der Waals surface area contributed by atoms with Crippen LogP contribution in [0.5, 0.6) is 5.75 Å². The first-order chi connectivity index (χ1) is 6.81. The van der Waals surface area contributed by atoms with Crippen molar-refractivity contribution in [2.75, 3.05) is 25.1 Å². The Morgan fingerprint density at radius 1 is 1.21 bits per heavy atom. The molecule has 0 spiro atoms. The predicted molar refractivity (Wildman–Crippen MR) is 59.1 cm³/mol. The van der Waals surface area contributed by atoms with Crippen molar-refractivity contribution in [2.24, 2.45) is 0 Å². The van der Waals surface area contributed by atoms with Crippen LogP contribution in [0, 0.1) is 6.92 Å². The Balaban J connectivity index is 2.30. The second-order valence-corrected chi connectivity index (χ2v) is 3.53. The van der Waals surface area contributed by atoms with Crippen LogP contribution >= 0.6 is 0 Å². The van der Waals surface area contributed by atoms with Gasteiger partial charge in [0.05, 0.1) is 7.11 Å². The Morgan fingerprint density at radius 2 is 1.93 bits per heavy atom. The van der Waals surface area contributed by atoms with E-state index in [1.807, 2.05) is 6.07 Å². The molecule has 1 aromatic carbocycles. The molecule has 2 rings (SSSR count). The quantitative estimate of drug-likeness (QED) is 0.662. The summed E-state index contributed by atoms with van der Waals surface area (Å²) >= 11 is 0. The number of aryl methyl sites for hydroxylation is 1. The van der Waals surface area contributed by atoms with Crippen molar-refractivity contribution < 1.29 is 4.74 Å². The Morgan fingerprint density at radius 3 is 2.57 bits per heavy atom. The Hall–Kier alpha value is -1.44. The number of nitrogens with zero attached hydrogens (tertiary/aromatic N) is 1. The first-order valence-corrected chi connectivity index (χ1v) is 4.86. The minimum absolute atomic E-state index is 0.928. The normalized spacial score (nSPS) is 14.9. The van der Waals surface area contributed by atoms with Gasteiger partial charge >= 0.3 is 0 Å². The smallest absolute Gasteiger partial charge is 0.120 e. The molecule has 0 atom stereocenters. The molecule has 1 aliphatic heterocycles. The summed E-state index contributed by atoms with van der Waals surface area (Å²) in [4.78, 5) is 2.33. The molecule has 0 aliphatic carbocycles. The van der Waals surface area contributed by atoms with Crippen LogP contribution in [-0.4, -0.2) is 20.2 Å². The lowest BCUT2D eigenvalue weighted by Crippen LogP contribution is -2.19. The highest BCUT2D eigenvalue weighted by atomic mass is 16.5. The molecule has 0 radical (unpaired) electrons. The van der Waals surface area contributed by atoms with Crippen LogP contribution in [0.2, 0.25) is 0 Å². The number of hydrogen-bond donors (Lipinski definition) is 0. The summed E-state index contributed by atoms with van der Waals surface area (Å²) < 4.78 is 5.22. The van der Waals surface area contributed by atoms with Crippen LogP contribution in [0.15, 0.2) is 30.4 Å². The molecule has 0 aromatic heterocycles. The van der Waals surface area contributed by atoms with Crippen LogP contribution in [0.25, 0.3) is 0 Å². The lowest BCUT2D eigenvalue weighted by atomic mass is 10.2. The summed E-state index contributed by atoms with van der Waals surface area (Å²) in [6.07, 6.45) is 4.39. The number of rotatable bonds is 2. The zero-order chi connectivity index (χ0) is 9.97. The van der Waals surface area contributed by atoms with Gasteiger partial charge in [-0.3, -0.25) is 0 Å². The molecular weight excluding hydrogens is 174 g/mol. The van der Waals surface area contributed by atoms with Crippen molar-refractivity contribution in [2.45, 2.75) is 6.92 Å². The lowest BCUT2D eigenvalue weighted by Gasteiger charge is -2.20. The van der Waals surface area contributed by atoms with E-state index in [1.165, 1.54) is 11.3 Å². The maximum atomic E-state index is 5.22. The van der Waals surface area contributed by atoms with E-state index < -0.39 is 0 Å². The summed E-state index contributed by atoms with van der Waals surface area (Å²) in [6.45, 7) is 4.15. The van der Waals surface area contributed by atoms with Gasteiger partial charge < -0.3 is 9.64 Å². The van der Waals surface area contributed by atoms with Crippen molar-refractivity contribution in [1.82, 2.24) is 0 Å². The van der Waals surface area contributed by atoms with Crippen molar-refractivity contribution >= 4 is 5.69 Å². The Bertz CT molecular complexity index is 349. The Kier molecular flexibility index (Phi) is 2.44. The molecule has 0 saturated carbocycles. The fourth-order valence-electron chi connectivity index (χ4n) is 1.73. The average Bonchev–Trinajstić information content (AvgIpc) is 2.71. The van der Waals surface area contributed by atoms with Gasteiger partial charge in [0.2, 0.25) is 0 Å². The summed E-state index contributed by atoms with van der Waals surface area (Å²) in [5.74, 6) is 0.928. The predicted octanol–water partition coefficient (Wildman–Crippen LogP) is 2.38. The average molecular weight is 189 g/mol. The van der Waals surface area contributed by atoms with Crippen molar-refractivity contribution in [3.8, 4) is 5.75 Å². The molecule has 0 saturated heterocycles. The van der Waals surface area contributed by atoms with Gasteiger partial charge in [-0.05, 0) is 18.6 Å². The van der Waals surface area contributed by atoms with Gasteiger partial charge in [-0.15, -0.1) is 0 Å². The highest BCUT2D eigenvalue weighted by Crippen LogP contribution is 2.26. The maximum Gasteiger partial charge on any atom is 0.120 e. The number of methoxy groups -OCH3 is 1. The van der Waals surface area contributed by atoms with Crippen LogP contribution < -0.4 is 9.64 Å². The summed E-state index contributed by atoms with van der Waals surface area (Å²) in [5, 5.41) is 0. The lowest BCUT2D eigenvalue weighted by molar-refractivity contribution is 0.414. The summed E-state index contributed by atoms with van der Waals surface area (Å²) in [5.41, 5.74) is 2.57. The van der Waals surface area contributed by atoms with Gasteiger partial charge in [-0.1, -0.05) is 18.2 Å². The van der Waals surface area contributed by atoms with E-state index >= 15 is 0 Å². The molecule has 74 valence electrons. The maximum absolute atomic E-state index is 5.22. The highest BCUT2D eigenvalue weighted by molar-refractivity contribution is 5.58. The number of hydrogen-bond acceptors (Lipinski definition) is 2. The molecule has 2 nitrogen and oxygen atoms in total. The molecule has 0 amide bonds. The molecule has 0 fully saturated rings. The van der Waals surface area contributed by atoms with Gasteiger partial charge in [0, 0.05) is 24.8 Å². The van der Waals surface area contributed by atoms with Crippen LogP contribution in [0.4, 0.5) is 5.69 Å². The SMILES string of the molecule is COc1ccc(C)c(N2CC=CC2)c1. The first kappa shape index (κ1) is 9.13. The van der Waals surface area contributed by atoms with E-state index in [0.29, 0.717) is 0 Å². The molecule has 0 N–H and O–H groups in total. The zero-order valence-electron chi connectivity index (χ0n) is 8.66. The van der Waals surface area contributed by atoms with E-state index in [2.05, 4.69) is 36.1 Å². The third kappa shape index (κ3) is 1.60. The van der Waals surface area contributed by atoms with E-state index in [1.54, 1.807) is 7.11 Å².